The Morgan fingerprint density at radius 3 is 2.54 bits per heavy atom. The summed E-state index contributed by atoms with van der Waals surface area (Å²) in [5.74, 6) is 0.0618. The minimum atomic E-state index is -4.73. The van der Waals surface area contributed by atoms with Crippen molar-refractivity contribution in [3.63, 3.8) is 0 Å². The van der Waals surface area contributed by atoms with Gasteiger partial charge < -0.3 is 10.1 Å². The Morgan fingerprint density at radius 2 is 1.83 bits per heavy atom. The highest BCUT2D eigenvalue weighted by Crippen LogP contribution is 2.25. The van der Waals surface area contributed by atoms with Crippen LogP contribution < -0.4 is 15.5 Å². The monoisotopic (exact) mass is 497 g/mol. The Kier molecular flexibility index (Phi) is 7.02. The van der Waals surface area contributed by atoms with Gasteiger partial charge in [0.2, 0.25) is 0 Å². The Balaban J connectivity index is 1.42. The third-order valence-electron chi connectivity index (χ3n) is 5.08. The molecule has 4 rings (SSSR count). The fraction of sp³-hybridized carbons (Fsp3) is 0.160. The standard InChI is InChI=1S/C25H22F3N5OS/c1-16(2)21-5-3-4-6-22(21)30-24(35)31-29-14-17-7-8-18-15-33(32-23(18)13-17)19-9-11-20(12-10-19)34-25(26,27)28/h3-16H,1-2H3,(H2,30,31,35)/b29-14+. The van der Waals surface area contributed by atoms with Crippen LogP contribution in [0.2, 0.25) is 0 Å². The Labute approximate surface area is 205 Å². The van der Waals surface area contributed by atoms with Crippen molar-refractivity contribution in [2.45, 2.75) is 26.1 Å². The molecule has 6 nitrogen and oxygen atoms in total. The molecule has 0 unspecified atom stereocenters. The van der Waals surface area contributed by atoms with Gasteiger partial charge in [0.05, 0.1) is 17.4 Å². The van der Waals surface area contributed by atoms with Gasteiger partial charge >= 0.3 is 6.36 Å². The van der Waals surface area contributed by atoms with Crippen molar-refractivity contribution in [1.29, 1.82) is 0 Å². The number of alkyl halides is 3. The van der Waals surface area contributed by atoms with Crippen LogP contribution in [0.15, 0.2) is 78.0 Å². The van der Waals surface area contributed by atoms with Crippen LogP contribution in [0, 0.1) is 0 Å². The summed E-state index contributed by atoms with van der Waals surface area (Å²) in [5, 5.41) is 13.1. The molecule has 180 valence electrons. The average molecular weight is 498 g/mol. The third kappa shape index (κ3) is 6.36. The van der Waals surface area contributed by atoms with E-state index in [1.54, 1.807) is 17.1 Å². The molecule has 1 heterocycles. The lowest BCUT2D eigenvalue weighted by Crippen LogP contribution is -2.24. The molecule has 0 spiro atoms. The van der Waals surface area contributed by atoms with Crippen molar-refractivity contribution in [1.82, 2.24) is 15.2 Å². The zero-order valence-electron chi connectivity index (χ0n) is 18.9. The van der Waals surface area contributed by atoms with Crippen LogP contribution in [0.3, 0.4) is 0 Å². The summed E-state index contributed by atoms with van der Waals surface area (Å²) < 4.78 is 42.6. The summed E-state index contributed by atoms with van der Waals surface area (Å²) in [5.41, 5.74) is 7.01. The highest BCUT2D eigenvalue weighted by molar-refractivity contribution is 7.80. The van der Waals surface area contributed by atoms with Gasteiger partial charge in [0, 0.05) is 17.3 Å². The van der Waals surface area contributed by atoms with E-state index in [-0.39, 0.29) is 5.75 Å². The van der Waals surface area contributed by atoms with Gasteiger partial charge in [-0.15, -0.1) is 13.2 Å². The second-order valence-corrected chi connectivity index (χ2v) is 8.41. The normalized spacial score (nSPS) is 11.8. The molecular formula is C25H22F3N5OS. The molecule has 0 bridgehead atoms. The smallest absolute Gasteiger partial charge is 0.406 e. The Bertz CT molecular complexity index is 1360. The predicted octanol–water partition coefficient (Wildman–Crippen LogP) is 6.37. The number of hydrazone groups is 1. The minimum Gasteiger partial charge on any atom is -0.406 e. The van der Waals surface area contributed by atoms with E-state index in [4.69, 9.17) is 12.2 Å². The molecule has 0 aliphatic rings. The van der Waals surface area contributed by atoms with Gasteiger partial charge in [0.25, 0.3) is 0 Å². The first kappa shape index (κ1) is 24.2. The van der Waals surface area contributed by atoms with E-state index in [2.05, 4.69) is 45.6 Å². The van der Waals surface area contributed by atoms with Crippen molar-refractivity contribution >= 4 is 40.1 Å². The Morgan fingerprint density at radius 1 is 1.09 bits per heavy atom. The molecule has 0 aliphatic carbocycles. The van der Waals surface area contributed by atoms with E-state index >= 15 is 0 Å². The van der Waals surface area contributed by atoms with Crippen LogP contribution in [0.4, 0.5) is 18.9 Å². The fourth-order valence-electron chi connectivity index (χ4n) is 3.48. The van der Waals surface area contributed by atoms with Crippen molar-refractivity contribution < 1.29 is 17.9 Å². The first-order valence-corrected chi connectivity index (χ1v) is 11.1. The maximum Gasteiger partial charge on any atom is 0.573 e. The van der Waals surface area contributed by atoms with Crippen LogP contribution in [-0.2, 0) is 0 Å². The topological polar surface area (TPSA) is 63.5 Å². The number of nitrogens with one attached hydrogen (secondary N) is 2. The number of hydrogen-bond donors (Lipinski definition) is 2. The minimum absolute atomic E-state index is 0.288. The molecule has 2 N–H and O–H groups in total. The summed E-state index contributed by atoms with van der Waals surface area (Å²) in [7, 11) is 0. The summed E-state index contributed by atoms with van der Waals surface area (Å²) in [4.78, 5) is 0. The lowest BCUT2D eigenvalue weighted by molar-refractivity contribution is -0.274. The summed E-state index contributed by atoms with van der Waals surface area (Å²) >= 11 is 5.35. The van der Waals surface area contributed by atoms with Crippen LogP contribution in [0.5, 0.6) is 5.75 Å². The molecule has 0 atom stereocenters. The van der Waals surface area contributed by atoms with Gasteiger partial charge in [-0.3, -0.25) is 5.43 Å². The van der Waals surface area contributed by atoms with E-state index in [9.17, 15) is 13.2 Å². The van der Waals surface area contributed by atoms with Gasteiger partial charge in [-0.05, 0) is 65.7 Å². The first-order valence-electron chi connectivity index (χ1n) is 10.7. The Hall–Kier alpha value is -3.92. The van der Waals surface area contributed by atoms with E-state index in [0.29, 0.717) is 22.2 Å². The van der Waals surface area contributed by atoms with Crippen LogP contribution in [-0.4, -0.2) is 27.5 Å². The first-order chi connectivity index (χ1) is 16.7. The number of nitrogens with zero attached hydrogens (tertiary/aromatic N) is 3. The number of aromatic nitrogens is 2. The van der Waals surface area contributed by atoms with Crippen LogP contribution in [0.1, 0.15) is 30.9 Å². The van der Waals surface area contributed by atoms with Crippen molar-refractivity contribution in [2.75, 3.05) is 5.32 Å². The maximum absolute atomic E-state index is 12.4. The van der Waals surface area contributed by atoms with Gasteiger partial charge in [0.1, 0.15) is 5.75 Å². The quantitative estimate of drug-likeness (QED) is 0.184. The SMILES string of the molecule is CC(C)c1ccccc1NC(=S)N/N=C/c1ccc2cn(-c3ccc(OC(F)(F)F)cc3)nc2c1. The summed E-state index contributed by atoms with van der Waals surface area (Å²) in [6.45, 7) is 4.23. The van der Waals surface area contributed by atoms with Gasteiger partial charge in [-0.2, -0.15) is 10.2 Å². The predicted molar refractivity (Wildman–Crippen MR) is 135 cm³/mol. The molecule has 3 aromatic carbocycles. The van der Waals surface area contributed by atoms with E-state index in [0.717, 1.165) is 22.2 Å². The summed E-state index contributed by atoms with van der Waals surface area (Å²) in [6.07, 6.45) is -1.31. The zero-order valence-corrected chi connectivity index (χ0v) is 19.7. The largest absolute Gasteiger partial charge is 0.573 e. The number of fused-ring (bicyclic) bond motifs is 1. The molecule has 0 saturated heterocycles. The van der Waals surface area contributed by atoms with Gasteiger partial charge in [-0.1, -0.05) is 44.2 Å². The van der Waals surface area contributed by atoms with Crippen LogP contribution >= 0.6 is 12.2 Å². The molecular weight excluding hydrogens is 475 g/mol. The fourth-order valence-corrected chi connectivity index (χ4v) is 3.64. The average Bonchev–Trinajstić information content (AvgIpc) is 3.22. The van der Waals surface area contributed by atoms with E-state index in [1.165, 1.54) is 24.3 Å². The molecule has 0 amide bonds. The summed E-state index contributed by atoms with van der Waals surface area (Å²) in [6, 6.07) is 19.1. The lowest BCUT2D eigenvalue weighted by atomic mass is 10.0. The molecule has 0 aliphatic heterocycles. The number of hydrogen-bond acceptors (Lipinski definition) is 4. The van der Waals surface area contributed by atoms with E-state index in [1.807, 2.05) is 36.4 Å². The molecule has 4 aromatic rings. The number of para-hydroxylation sites is 1. The maximum atomic E-state index is 12.4. The number of thiocarbonyl (C=S) groups is 1. The van der Waals surface area contributed by atoms with Gasteiger partial charge in [-0.25, -0.2) is 4.68 Å². The number of anilines is 1. The van der Waals surface area contributed by atoms with Crippen molar-refractivity contribution in [3.8, 4) is 11.4 Å². The molecule has 0 radical (unpaired) electrons. The number of rotatable bonds is 6. The lowest BCUT2D eigenvalue weighted by Gasteiger charge is -2.14. The highest BCUT2D eigenvalue weighted by Gasteiger charge is 2.31. The molecule has 35 heavy (non-hydrogen) atoms. The second kappa shape index (κ2) is 10.1. The van der Waals surface area contributed by atoms with E-state index < -0.39 is 6.36 Å². The molecule has 10 heteroatoms. The number of ether oxygens (including phenoxy) is 1. The van der Waals surface area contributed by atoms with Gasteiger partial charge in [0.15, 0.2) is 5.11 Å². The second-order valence-electron chi connectivity index (χ2n) is 8.00. The van der Waals surface area contributed by atoms with Crippen LogP contribution in [0.25, 0.3) is 16.6 Å². The molecule has 0 fully saturated rings. The molecule has 0 saturated carbocycles. The van der Waals surface area contributed by atoms with Crippen molar-refractivity contribution in [3.05, 3.63) is 84.1 Å². The zero-order chi connectivity index (χ0) is 25.0. The highest BCUT2D eigenvalue weighted by atomic mass is 32.1. The number of benzene rings is 3. The van der Waals surface area contributed by atoms with Crippen molar-refractivity contribution in [2.24, 2.45) is 5.10 Å². The third-order valence-corrected chi connectivity index (χ3v) is 5.27. The molecule has 1 aromatic heterocycles. The number of halogens is 3.